The highest BCUT2D eigenvalue weighted by Gasteiger charge is 2.24. The van der Waals surface area contributed by atoms with Crippen LogP contribution in [-0.4, -0.2) is 39.1 Å². The van der Waals surface area contributed by atoms with Gasteiger partial charge in [0.15, 0.2) is 5.69 Å². The molecular weight excluding hydrogens is 299 g/mol. The van der Waals surface area contributed by atoms with E-state index in [1.807, 2.05) is 0 Å². The monoisotopic (exact) mass is 312 g/mol. The summed E-state index contributed by atoms with van der Waals surface area (Å²) in [5, 5.41) is 7.30. The third kappa shape index (κ3) is 2.40. The van der Waals surface area contributed by atoms with E-state index in [1.165, 1.54) is 12.1 Å². The fourth-order valence-electron chi connectivity index (χ4n) is 2.70. The van der Waals surface area contributed by atoms with Crippen LogP contribution in [0, 0.1) is 5.82 Å². The fourth-order valence-corrected chi connectivity index (χ4v) is 2.70. The number of ether oxygens (including phenoxy) is 1. The third-order valence-electron chi connectivity index (χ3n) is 3.85. The molecule has 4 rings (SSSR count). The van der Waals surface area contributed by atoms with E-state index in [4.69, 9.17) is 4.74 Å². The SMILES string of the molecule is O=C(c1n[nH]c2ccc(F)cc12)N1CCOc2ccncc2C1. The number of amides is 1. The first-order chi connectivity index (χ1) is 11.2. The van der Waals surface area contributed by atoms with E-state index in [9.17, 15) is 9.18 Å². The van der Waals surface area contributed by atoms with Gasteiger partial charge in [0.2, 0.25) is 0 Å². The summed E-state index contributed by atoms with van der Waals surface area (Å²) in [6, 6.07) is 5.99. The van der Waals surface area contributed by atoms with Crippen molar-refractivity contribution in [3.05, 3.63) is 53.7 Å². The van der Waals surface area contributed by atoms with Crippen molar-refractivity contribution in [3.63, 3.8) is 0 Å². The highest BCUT2D eigenvalue weighted by molar-refractivity contribution is 6.04. The maximum absolute atomic E-state index is 13.5. The van der Waals surface area contributed by atoms with E-state index >= 15 is 0 Å². The van der Waals surface area contributed by atoms with Gasteiger partial charge in [-0.25, -0.2) is 4.39 Å². The maximum atomic E-state index is 13.5. The molecule has 1 aliphatic rings. The summed E-state index contributed by atoms with van der Waals surface area (Å²) in [5.41, 5.74) is 1.68. The van der Waals surface area contributed by atoms with E-state index in [-0.39, 0.29) is 11.6 Å². The van der Waals surface area contributed by atoms with Crippen molar-refractivity contribution in [2.45, 2.75) is 6.54 Å². The number of aromatic amines is 1. The first kappa shape index (κ1) is 13.7. The maximum Gasteiger partial charge on any atom is 0.275 e. The van der Waals surface area contributed by atoms with Crippen molar-refractivity contribution >= 4 is 16.8 Å². The summed E-state index contributed by atoms with van der Waals surface area (Å²) in [4.78, 5) is 18.5. The highest BCUT2D eigenvalue weighted by atomic mass is 19.1. The second-order valence-corrected chi connectivity index (χ2v) is 5.32. The van der Waals surface area contributed by atoms with Crippen molar-refractivity contribution in [1.82, 2.24) is 20.1 Å². The highest BCUT2D eigenvalue weighted by Crippen LogP contribution is 2.24. The minimum atomic E-state index is -0.401. The normalized spacial score (nSPS) is 14.2. The van der Waals surface area contributed by atoms with E-state index in [0.29, 0.717) is 30.6 Å². The molecule has 0 unspecified atom stereocenters. The van der Waals surface area contributed by atoms with Crippen molar-refractivity contribution in [3.8, 4) is 5.75 Å². The molecule has 0 saturated carbocycles. The van der Waals surface area contributed by atoms with E-state index < -0.39 is 5.82 Å². The molecule has 23 heavy (non-hydrogen) atoms. The Bertz CT molecular complexity index is 893. The number of carbonyl (C=O) groups is 1. The van der Waals surface area contributed by atoms with E-state index in [1.54, 1.807) is 29.4 Å². The molecule has 0 bridgehead atoms. The van der Waals surface area contributed by atoms with Crippen LogP contribution >= 0.6 is 0 Å². The summed E-state index contributed by atoms with van der Waals surface area (Å²) >= 11 is 0. The van der Waals surface area contributed by atoms with Crippen LogP contribution in [0.5, 0.6) is 5.75 Å². The van der Waals surface area contributed by atoms with Gasteiger partial charge in [-0.3, -0.25) is 14.9 Å². The molecule has 0 radical (unpaired) electrons. The largest absolute Gasteiger partial charge is 0.491 e. The molecule has 1 N–H and O–H groups in total. The Morgan fingerprint density at radius 2 is 2.26 bits per heavy atom. The Labute approximate surface area is 130 Å². The Morgan fingerprint density at radius 1 is 1.35 bits per heavy atom. The molecule has 0 aliphatic carbocycles. The summed E-state index contributed by atoms with van der Waals surface area (Å²) in [6.07, 6.45) is 3.34. The smallest absolute Gasteiger partial charge is 0.275 e. The van der Waals surface area contributed by atoms with Gasteiger partial charge in [-0.15, -0.1) is 0 Å². The molecule has 1 amide bonds. The predicted molar refractivity (Wildman–Crippen MR) is 80.5 cm³/mol. The molecule has 0 atom stereocenters. The Kier molecular flexibility index (Phi) is 3.18. The molecule has 3 aromatic rings. The number of fused-ring (bicyclic) bond motifs is 2. The first-order valence-electron chi connectivity index (χ1n) is 7.21. The number of halogens is 1. The third-order valence-corrected chi connectivity index (χ3v) is 3.85. The van der Waals surface area contributed by atoms with Crippen LogP contribution in [0.4, 0.5) is 4.39 Å². The van der Waals surface area contributed by atoms with E-state index in [2.05, 4.69) is 15.2 Å². The lowest BCUT2D eigenvalue weighted by Crippen LogP contribution is -2.32. The summed E-state index contributed by atoms with van der Waals surface area (Å²) in [6.45, 7) is 1.20. The number of nitrogens with zero attached hydrogens (tertiary/aromatic N) is 3. The van der Waals surface area contributed by atoms with Gasteiger partial charge in [-0.2, -0.15) is 5.10 Å². The predicted octanol–water partition coefficient (Wildman–Crippen LogP) is 2.13. The molecular formula is C16H13FN4O2. The van der Waals surface area contributed by atoms with Gasteiger partial charge >= 0.3 is 0 Å². The van der Waals surface area contributed by atoms with Crippen LogP contribution in [0.3, 0.4) is 0 Å². The number of H-pyrrole nitrogens is 1. The average Bonchev–Trinajstić information content (AvgIpc) is 2.84. The Hall–Kier alpha value is -2.96. The zero-order chi connectivity index (χ0) is 15.8. The molecule has 6 nitrogen and oxygen atoms in total. The lowest BCUT2D eigenvalue weighted by atomic mass is 10.1. The van der Waals surface area contributed by atoms with Crippen LogP contribution < -0.4 is 4.74 Å². The molecule has 3 heterocycles. The van der Waals surface area contributed by atoms with Crippen LogP contribution in [0.15, 0.2) is 36.7 Å². The van der Waals surface area contributed by atoms with Gasteiger partial charge in [0.1, 0.15) is 18.2 Å². The molecule has 2 aromatic heterocycles. The number of hydrogen-bond acceptors (Lipinski definition) is 4. The first-order valence-corrected chi connectivity index (χ1v) is 7.21. The van der Waals surface area contributed by atoms with Gasteiger partial charge in [-0.1, -0.05) is 0 Å². The number of pyridine rings is 1. The molecule has 0 spiro atoms. The van der Waals surface area contributed by atoms with Crippen molar-refractivity contribution in [1.29, 1.82) is 0 Å². The minimum Gasteiger partial charge on any atom is -0.491 e. The second-order valence-electron chi connectivity index (χ2n) is 5.32. The number of rotatable bonds is 1. The molecule has 1 aromatic carbocycles. The quantitative estimate of drug-likeness (QED) is 0.747. The zero-order valence-corrected chi connectivity index (χ0v) is 12.1. The summed E-state index contributed by atoms with van der Waals surface area (Å²) < 4.78 is 19.1. The Morgan fingerprint density at radius 3 is 3.17 bits per heavy atom. The lowest BCUT2D eigenvalue weighted by molar-refractivity contribution is 0.0729. The van der Waals surface area contributed by atoms with Crippen LogP contribution in [0.2, 0.25) is 0 Å². The van der Waals surface area contributed by atoms with Gasteiger partial charge in [0.05, 0.1) is 18.6 Å². The van der Waals surface area contributed by atoms with Gasteiger partial charge in [0, 0.05) is 23.3 Å². The van der Waals surface area contributed by atoms with Crippen molar-refractivity contribution in [2.75, 3.05) is 13.2 Å². The summed E-state index contributed by atoms with van der Waals surface area (Å²) in [5.74, 6) is 0.0667. The Balaban J connectivity index is 1.69. The number of benzene rings is 1. The topological polar surface area (TPSA) is 71.1 Å². The van der Waals surface area contributed by atoms with Crippen molar-refractivity contribution in [2.24, 2.45) is 0 Å². The molecule has 0 fully saturated rings. The minimum absolute atomic E-state index is 0.215. The van der Waals surface area contributed by atoms with Crippen LogP contribution in [0.1, 0.15) is 16.1 Å². The number of hydrogen-bond donors (Lipinski definition) is 1. The lowest BCUT2D eigenvalue weighted by Gasteiger charge is -2.18. The van der Waals surface area contributed by atoms with Gasteiger partial charge in [-0.05, 0) is 24.3 Å². The van der Waals surface area contributed by atoms with Gasteiger partial charge < -0.3 is 9.64 Å². The molecule has 1 aliphatic heterocycles. The molecule has 7 heteroatoms. The standard InChI is InChI=1S/C16H13FN4O2/c17-11-1-2-13-12(7-11)15(20-19-13)16(22)21-5-6-23-14-3-4-18-8-10(14)9-21/h1-4,7-8H,5-6,9H2,(H,19,20). The zero-order valence-electron chi connectivity index (χ0n) is 12.1. The number of nitrogens with one attached hydrogen (secondary N) is 1. The van der Waals surface area contributed by atoms with Crippen LogP contribution in [0.25, 0.3) is 10.9 Å². The number of aromatic nitrogens is 3. The summed E-state index contributed by atoms with van der Waals surface area (Å²) in [7, 11) is 0. The number of carbonyl (C=O) groups excluding carboxylic acids is 1. The fraction of sp³-hybridized carbons (Fsp3) is 0.188. The second kappa shape index (κ2) is 5.35. The van der Waals surface area contributed by atoms with Gasteiger partial charge in [0.25, 0.3) is 5.91 Å². The molecule has 0 saturated heterocycles. The molecule has 116 valence electrons. The van der Waals surface area contributed by atoms with Crippen molar-refractivity contribution < 1.29 is 13.9 Å². The van der Waals surface area contributed by atoms with E-state index in [0.717, 1.165) is 11.3 Å². The average molecular weight is 312 g/mol. The van der Waals surface area contributed by atoms with Crippen LogP contribution in [-0.2, 0) is 6.54 Å².